The highest BCUT2D eigenvalue weighted by atomic mass is 19.4. The maximum absolute atomic E-state index is 13.9. The molecule has 0 saturated carbocycles. The molecule has 190 valence electrons. The number of rotatable bonds is 3. The minimum Gasteiger partial charge on any atom is -0.368 e. The van der Waals surface area contributed by atoms with Crippen LogP contribution in [-0.4, -0.2) is 42.0 Å². The second-order valence-electron chi connectivity index (χ2n) is 9.62. The number of fused-ring (bicyclic) bond motifs is 1. The Hall–Kier alpha value is -3.87. The molecule has 0 unspecified atom stereocenters. The van der Waals surface area contributed by atoms with Gasteiger partial charge in [-0.05, 0) is 62.2 Å². The molecule has 37 heavy (non-hydrogen) atoms. The quantitative estimate of drug-likeness (QED) is 0.308. The summed E-state index contributed by atoms with van der Waals surface area (Å²) < 4.78 is 39.5. The maximum Gasteiger partial charge on any atom is 0.416 e. The van der Waals surface area contributed by atoms with E-state index in [1.807, 2.05) is 49.9 Å². The molecule has 2 heterocycles. The Kier molecular flexibility index (Phi) is 6.40. The first-order valence-electron chi connectivity index (χ1n) is 12.3. The molecule has 1 saturated heterocycles. The maximum atomic E-state index is 13.9. The molecular weight excluding hydrogens is 475 g/mol. The topological polar surface area (TPSA) is 36.4 Å². The van der Waals surface area contributed by atoms with Crippen LogP contribution in [0, 0.1) is 20.8 Å². The number of aromatic nitrogens is 1. The molecule has 7 heteroatoms. The van der Waals surface area contributed by atoms with Gasteiger partial charge in [0.2, 0.25) is 0 Å². The lowest BCUT2D eigenvalue weighted by molar-refractivity contribution is -0.137. The molecule has 1 aliphatic rings. The monoisotopic (exact) mass is 503 g/mol. The van der Waals surface area contributed by atoms with Crippen molar-refractivity contribution in [2.75, 3.05) is 31.1 Å². The molecule has 1 amide bonds. The van der Waals surface area contributed by atoms with Crippen molar-refractivity contribution in [2.45, 2.75) is 26.9 Å². The zero-order chi connectivity index (χ0) is 26.3. The first kappa shape index (κ1) is 24.8. The van der Waals surface area contributed by atoms with Crippen molar-refractivity contribution >= 4 is 22.5 Å². The lowest BCUT2D eigenvalue weighted by Crippen LogP contribution is -2.49. The zero-order valence-electron chi connectivity index (χ0n) is 21.1. The average Bonchev–Trinajstić information content (AvgIpc) is 2.89. The van der Waals surface area contributed by atoms with Gasteiger partial charge >= 0.3 is 6.18 Å². The molecule has 4 nitrogen and oxygen atoms in total. The molecule has 5 rings (SSSR count). The zero-order valence-corrected chi connectivity index (χ0v) is 21.1. The highest BCUT2D eigenvalue weighted by Crippen LogP contribution is 2.34. The van der Waals surface area contributed by atoms with Gasteiger partial charge in [-0.1, -0.05) is 42.0 Å². The third-order valence-electron chi connectivity index (χ3n) is 7.10. The van der Waals surface area contributed by atoms with Crippen molar-refractivity contribution in [2.24, 2.45) is 0 Å². The van der Waals surface area contributed by atoms with E-state index < -0.39 is 11.7 Å². The fourth-order valence-electron chi connectivity index (χ4n) is 5.04. The van der Waals surface area contributed by atoms with E-state index in [-0.39, 0.29) is 5.91 Å². The molecule has 1 aromatic heterocycles. The molecule has 0 spiro atoms. The summed E-state index contributed by atoms with van der Waals surface area (Å²) >= 11 is 0. The van der Waals surface area contributed by atoms with Crippen LogP contribution in [0.5, 0.6) is 0 Å². The van der Waals surface area contributed by atoms with Gasteiger partial charge in [-0.15, -0.1) is 0 Å². The molecule has 0 N–H and O–H groups in total. The van der Waals surface area contributed by atoms with E-state index in [4.69, 9.17) is 4.98 Å². The third-order valence-corrected chi connectivity index (χ3v) is 7.10. The highest BCUT2D eigenvalue weighted by Gasteiger charge is 2.32. The number of carbonyl (C=O) groups is 1. The predicted molar refractivity (Wildman–Crippen MR) is 141 cm³/mol. The predicted octanol–water partition coefficient (Wildman–Crippen LogP) is 6.81. The fraction of sp³-hybridized carbons (Fsp3) is 0.267. The Morgan fingerprint density at radius 3 is 2.32 bits per heavy atom. The van der Waals surface area contributed by atoms with E-state index >= 15 is 0 Å². The van der Waals surface area contributed by atoms with Crippen LogP contribution in [-0.2, 0) is 6.18 Å². The molecular formula is C30H28F3N3O. The minimum atomic E-state index is -4.39. The van der Waals surface area contributed by atoms with Gasteiger partial charge in [0.1, 0.15) is 0 Å². The second-order valence-corrected chi connectivity index (χ2v) is 9.62. The SMILES string of the molecule is Cc1ccc(C)c(-c2nc3ccccc3c(C(=O)N3CCN(c4cccc(C(F)(F)F)c4)CC3)c2C)c1. The van der Waals surface area contributed by atoms with E-state index in [1.54, 1.807) is 11.0 Å². The number of nitrogens with zero attached hydrogens (tertiary/aromatic N) is 3. The number of pyridine rings is 1. The van der Waals surface area contributed by atoms with E-state index in [0.29, 0.717) is 37.4 Å². The summed E-state index contributed by atoms with van der Waals surface area (Å²) in [5.41, 5.74) is 6.09. The van der Waals surface area contributed by atoms with Crippen LogP contribution in [0.25, 0.3) is 22.2 Å². The van der Waals surface area contributed by atoms with Gasteiger partial charge in [0.25, 0.3) is 5.91 Å². The van der Waals surface area contributed by atoms with Crippen molar-refractivity contribution < 1.29 is 18.0 Å². The van der Waals surface area contributed by atoms with Crippen LogP contribution >= 0.6 is 0 Å². The molecule has 0 aliphatic carbocycles. The normalized spacial score (nSPS) is 14.3. The van der Waals surface area contributed by atoms with E-state index in [0.717, 1.165) is 44.9 Å². The standard InChI is InChI=1S/C30H28F3N3O/c1-19-11-12-20(2)25(17-19)28-21(3)27(24-9-4-5-10-26(24)34-28)29(37)36-15-13-35(14-16-36)23-8-6-7-22(18-23)30(31,32)33/h4-12,17-18H,13-16H2,1-3H3. The van der Waals surface area contributed by atoms with E-state index in [2.05, 4.69) is 18.2 Å². The second kappa shape index (κ2) is 9.54. The lowest BCUT2D eigenvalue weighted by atomic mass is 9.94. The smallest absolute Gasteiger partial charge is 0.368 e. The molecule has 1 fully saturated rings. The molecule has 0 bridgehead atoms. The summed E-state index contributed by atoms with van der Waals surface area (Å²) in [6, 6.07) is 19.3. The Labute approximate surface area is 214 Å². The molecule has 1 aliphatic heterocycles. The largest absolute Gasteiger partial charge is 0.416 e. The Bertz CT molecular complexity index is 1490. The number of hydrogen-bond acceptors (Lipinski definition) is 3. The van der Waals surface area contributed by atoms with Crippen LogP contribution in [0.2, 0.25) is 0 Å². The summed E-state index contributed by atoms with van der Waals surface area (Å²) in [7, 11) is 0. The number of alkyl halides is 3. The number of piperazine rings is 1. The number of anilines is 1. The Morgan fingerprint density at radius 2 is 1.59 bits per heavy atom. The molecule has 4 aromatic rings. The third kappa shape index (κ3) is 4.78. The lowest BCUT2D eigenvalue weighted by Gasteiger charge is -2.36. The van der Waals surface area contributed by atoms with Crippen LogP contribution in [0.3, 0.4) is 0 Å². The van der Waals surface area contributed by atoms with Crippen molar-refractivity contribution in [1.29, 1.82) is 0 Å². The van der Waals surface area contributed by atoms with Crippen LogP contribution in [0.4, 0.5) is 18.9 Å². The van der Waals surface area contributed by atoms with Gasteiger partial charge in [0, 0.05) is 42.8 Å². The highest BCUT2D eigenvalue weighted by molar-refractivity contribution is 6.09. The van der Waals surface area contributed by atoms with Crippen molar-refractivity contribution in [3.05, 3.63) is 94.5 Å². The van der Waals surface area contributed by atoms with Crippen molar-refractivity contribution in [3.63, 3.8) is 0 Å². The summed E-state index contributed by atoms with van der Waals surface area (Å²) in [6.45, 7) is 7.78. The van der Waals surface area contributed by atoms with Crippen LogP contribution in [0.1, 0.15) is 32.6 Å². The van der Waals surface area contributed by atoms with Crippen LogP contribution in [0.15, 0.2) is 66.7 Å². The van der Waals surface area contributed by atoms with Gasteiger partial charge in [-0.25, -0.2) is 4.98 Å². The summed E-state index contributed by atoms with van der Waals surface area (Å²) in [4.78, 5) is 22.6. The number of amides is 1. The Balaban J connectivity index is 1.47. The number of benzene rings is 3. The molecule has 3 aromatic carbocycles. The summed E-state index contributed by atoms with van der Waals surface area (Å²) in [5, 5.41) is 0.805. The Morgan fingerprint density at radius 1 is 0.865 bits per heavy atom. The van der Waals surface area contributed by atoms with Gasteiger partial charge in [-0.2, -0.15) is 13.2 Å². The summed E-state index contributed by atoms with van der Waals surface area (Å²) in [6.07, 6.45) is -4.39. The number of para-hydroxylation sites is 1. The van der Waals surface area contributed by atoms with Crippen LogP contribution < -0.4 is 4.90 Å². The summed E-state index contributed by atoms with van der Waals surface area (Å²) in [5.74, 6) is -0.0775. The number of aryl methyl sites for hydroxylation is 2. The number of halogens is 3. The number of hydrogen-bond donors (Lipinski definition) is 0. The molecule has 0 atom stereocenters. The van der Waals surface area contributed by atoms with E-state index in [9.17, 15) is 18.0 Å². The number of carbonyl (C=O) groups excluding carboxylic acids is 1. The first-order valence-corrected chi connectivity index (χ1v) is 12.3. The fourth-order valence-corrected chi connectivity index (χ4v) is 5.04. The van der Waals surface area contributed by atoms with Gasteiger partial charge in [-0.3, -0.25) is 4.79 Å². The van der Waals surface area contributed by atoms with Crippen molar-refractivity contribution in [1.82, 2.24) is 9.88 Å². The van der Waals surface area contributed by atoms with Gasteiger partial charge in [0.15, 0.2) is 0 Å². The van der Waals surface area contributed by atoms with Crippen molar-refractivity contribution in [3.8, 4) is 11.3 Å². The average molecular weight is 504 g/mol. The van der Waals surface area contributed by atoms with Gasteiger partial charge in [0.05, 0.1) is 22.3 Å². The minimum absolute atomic E-state index is 0.0775. The first-order chi connectivity index (χ1) is 17.6. The van der Waals surface area contributed by atoms with E-state index in [1.165, 1.54) is 12.1 Å². The molecule has 0 radical (unpaired) electrons. The van der Waals surface area contributed by atoms with Gasteiger partial charge < -0.3 is 9.80 Å².